The van der Waals surface area contributed by atoms with Crippen LogP contribution >= 0.6 is 0 Å². The molecule has 0 saturated carbocycles. The molecule has 0 fully saturated rings. The molecular weight excluding hydrogens is 164 g/mol. The number of aromatic nitrogens is 2. The summed E-state index contributed by atoms with van der Waals surface area (Å²) in [5.41, 5.74) is 0. The predicted molar refractivity (Wildman–Crippen MR) is 54.9 cm³/mol. The van der Waals surface area contributed by atoms with Crippen molar-refractivity contribution < 1.29 is 0 Å². The van der Waals surface area contributed by atoms with Crippen molar-refractivity contribution in [2.24, 2.45) is 7.05 Å². The maximum absolute atomic E-state index is 4.22. The predicted octanol–water partition coefficient (Wildman–Crippen LogP) is 0.832. The zero-order valence-corrected chi connectivity index (χ0v) is 8.38. The van der Waals surface area contributed by atoms with Crippen molar-refractivity contribution in [3.63, 3.8) is 0 Å². The van der Waals surface area contributed by atoms with Gasteiger partial charge in [0, 0.05) is 25.9 Å². The standard InChI is InChI=1S/C9H18N4/c1-10-6-3-4-7-11-9-5-8-13(2)12-9/h5,8,10H,3-4,6-7H2,1-2H3,(H,11,12). The van der Waals surface area contributed by atoms with Crippen LogP contribution in [0.25, 0.3) is 0 Å². The maximum Gasteiger partial charge on any atom is 0.147 e. The Kier molecular flexibility index (Phi) is 4.32. The normalized spacial score (nSPS) is 10.3. The lowest BCUT2D eigenvalue weighted by Gasteiger charge is -2.01. The van der Waals surface area contributed by atoms with E-state index in [9.17, 15) is 0 Å². The van der Waals surface area contributed by atoms with Gasteiger partial charge in [-0.1, -0.05) is 0 Å². The van der Waals surface area contributed by atoms with Gasteiger partial charge < -0.3 is 10.6 Å². The zero-order valence-electron chi connectivity index (χ0n) is 8.38. The van der Waals surface area contributed by atoms with Gasteiger partial charge in [0.2, 0.25) is 0 Å². The second-order valence-corrected chi connectivity index (χ2v) is 3.11. The highest BCUT2D eigenvalue weighted by molar-refractivity contribution is 5.31. The third kappa shape index (κ3) is 3.94. The highest BCUT2D eigenvalue weighted by Crippen LogP contribution is 2.00. The first kappa shape index (κ1) is 10.1. The quantitative estimate of drug-likeness (QED) is 0.640. The van der Waals surface area contributed by atoms with Crippen molar-refractivity contribution in [2.45, 2.75) is 12.8 Å². The summed E-state index contributed by atoms with van der Waals surface area (Å²) in [6.45, 7) is 2.09. The number of rotatable bonds is 6. The molecule has 4 nitrogen and oxygen atoms in total. The minimum atomic E-state index is 0.965. The monoisotopic (exact) mass is 182 g/mol. The molecule has 0 unspecified atom stereocenters. The summed E-state index contributed by atoms with van der Waals surface area (Å²) >= 11 is 0. The van der Waals surface area contributed by atoms with E-state index in [0.717, 1.165) is 18.9 Å². The first-order valence-electron chi connectivity index (χ1n) is 4.71. The van der Waals surface area contributed by atoms with Crippen LogP contribution in [0.2, 0.25) is 0 Å². The van der Waals surface area contributed by atoms with E-state index in [1.54, 1.807) is 4.68 Å². The Morgan fingerprint density at radius 3 is 2.77 bits per heavy atom. The van der Waals surface area contributed by atoms with E-state index >= 15 is 0 Å². The van der Waals surface area contributed by atoms with Crippen LogP contribution in [0.15, 0.2) is 12.3 Å². The number of nitrogens with one attached hydrogen (secondary N) is 2. The van der Waals surface area contributed by atoms with E-state index in [2.05, 4.69) is 15.7 Å². The number of aryl methyl sites for hydroxylation is 1. The van der Waals surface area contributed by atoms with E-state index in [1.807, 2.05) is 26.4 Å². The molecule has 0 saturated heterocycles. The Morgan fingerprint density at radius 2 is 2.15 bits per heavy atom. The molecule has 1 aromatic heterocycles. The fourth-order valence-corrected chi connectivity index (χ4v) is 1.15. The highest BCUT2D eigenvalue weighted by Gasteiger charge is 1.93. The third-order valence-electron chi connectivity index (χ3n) is 1.87. The topological polar surface area (TPSA) is 41.9 Å². The number of unbranched alkanes of at least 4 members (excludes halogenated alkanes) is 1. The van der Waals surface area contributed by atoms with Gasteiger partial charge in [-0.3, -0.25) is 4.68 Å². The third-order valence-corrected chi connectivity index (χ3v) is 1.87. The van der Waals surface area contributed by atoms with Crippen molar-refractivity contribution in [2.75, 3.05) is 25.5 Å². The van der Waals surface area contributed by atoms with E-state index in [4.69, 9.17) is 0 Å². The lowest BCUT2D eigenvalue weighted by molar-refractivity contribution is 0.692. The summed E-state index contributed by atoms with van der Waals surface area (Å²) in [7, 11) is 3.90. The SMILES string of the molecule is CNCCCCNc1ccn(C)n1. The summed E-state index contributed by atoms with van der Waals surface area (Å²) in [6, 6.07) is 1.98. The maximum atomic E-state index is 4.22. The van der Waals surface area contributed by atoms with Gasteiger partial charge in [0.05, 0.1) is 0 Å². The number of anilines is 1. The van der Waals surface area contributed by atoms with Crippen molar-refractivity contribution >= 4 is 5.82 Å². The van der Waals surface area contributed by atoms with Crippen LogP contribution in [0.5, 0.6) is 0 Å². The Bertz CT molecular complexity index is 231. The fourth-order valence-electron chi connectivity index (χ4n) is 1.15. The van der Waals surface area contributed by atoms with Gasteiger partial charge in [-0.05, 0) is 26.4 Å². The van der Waals surface area contributed by atoms with Crippen molar-refractivity contribution in [3.05, 3.63) is 12.3 Å². The molecule has 0 spiro atoms. The minimum absolute atomic E-state index is 0.965. The van der Waals surface area contributed by atoms with E-state index in [1.165, 1.54) is 12.8 Å². The smallest absolute Gasteiger partial charge is 0.147 e. The van der Waals surface area contributed by atoms with E-state index in [0.29, 0.717) is 0 Å². The molecule has 0 aliphatic heterocycles. The molecule has 1 heterocycles. The highest BCUT2D eigenvalue weighted by atomic mass is 15.3. The molecule has 74 valence electrons. The summed E-state index contributed by atoms with van der Waals surface area (Å²) in [4.78, 5) is 0. The minimum Gasteiger partial charge on any atom is -0.369 e. The van der Waals surface area contributed by atoms with Crippen LogP contribution in [0.3, 0.4) is 0 Å². The molecule has 0 aliphatic rings. The fraction of sp³-hybridized carbons (Fsp3) is 0.667. The number of hydrogen-bond acceptors (Lipinski definition) is 3. The summed E-state index contributed by atoms with van der Waals surface area (Å²) in [5, 5.41) is 10.6. The van der Waals surface area contributed by atoms with Crippen molar-refractivity contribution in [1.82, 2.24) is 15.1 Å². The number of nitrogens with zero attached hydrogens (tertiary/aromatic N) is 2. The van der Waals surface area contributed by atoms with Gasteiger partial charge in [-0.25, -0.2) is 0 Å². The summed E-state index contributed by atoms with van der Waals surface area (Å²) in [5.74, 6) is 0.965. The Hall–Kier alpha value is -1.03. The molecule has 0 amide bonds. The molecule has 13 heavy (non-hydrogen) atoms. The van der Waals surface area contributed by atoms with Crippen LogP contribution in [-0.4, -0.2) is 29.9 Å². The van der Waals surface area contributed by atoms with Gasteiger partial charge in [0.15, 0.2) is 0 Å². The second-order valence-electron chi connectivity index (χ2n) is 3.11. The Labute approximate surface area is 79.3 Å². The van der Waals surface area contributed by atoms with Gasteiger partial charge in [-0.2, -0.15) is 5.10 Å². The summed E-state index contributed by atoms with van der Waals surface area (Å²) in [6.07, 6.45) is 4.32. The molecule has 1 rings (SSSR count). The van der Waals surface area contributed by atoms with Crippen LogP contribution < -0.4 is 10.6 Å². The van der Waals surface area contributed by atoms with Crippen LogP contribution in [0, 0.1) is 0 Å². The van der Waals surface area contributed by atoms with Crippen molar-refractivity contribution in [3.8, 4) is 0 Å². The van der Waals surface area contributed by atoms with Crippen LogP contribution in [0.1, 0.15) is 12.8 Å². The zero-order chi connectivity index (χ0) is 9.52. The van der Waals surface area contributed by atoms with E-state index in [-0.39, 0.29) is 0 Å². The number of hydrogen-bond donors (Lipinski definition) is 2. The largest absolute Gasteiger partial charge is 0.369 e. The van der Waals surface area contributed by atoms with E-state index < -0.39 is 0 Å². The Balaban J connectivity index is 2.06. The first-order chi connectivity index (χ1) is 6.33. The average Bonchev–Trinajstić information content (AvgIpc) is 2.51. The molecule has 0 atom stereocenters. The van der Waals surface area contributed by atoms with Gasteiger partial charge >= 0.3 is 0 Å². The molecule has 4 heteroatoms. The second kappa shape index (κ2) is 5.59. The van der Waals surface area contributed by atoms with Crippen LogP contribution in [-0.2, 0) is 7.05 Å². The molecule has 0 aromatic carbocycles. The Morgan fingerprint density at radius 1 is 1.38 bits per heavy atom. The first-order valence-corrected chi connectivity index (χ1v) is 4.71. The molecule has 0 radical (unpaired) electrons. The molecule has 2 N–H and O–H groups in total. The van der Waals surface area contributed by atoms with Crippen molar-refractivity contribution in [1.29, 1.82) is 0 Å². The lowest BCUT2D eigenvalue weighted by Crippen LogP contribution is -2.10. The molecule has 0 aliphatic carbocycles. The van der Waals surface area contributed by atoms with Crippen LogP contribution in [0.4, 0.5) is 5.82 Å². The summed E-state index contributed by atoms with van der Waals surface area (Å²) < 4.78 is 1.80. The average molecular weight is 182 g/mol. The molecule has 1 aromatic rings. The van der Waals surface area contributed by atoms with Gasteiger partial charge in [-0.15, -0.1) is 0 Å². The lowest BCUT2D eigenvalue weighted by atomic mass is 10.3. The molecule has 0 bridgehead atoms. The van der Waals surface area contributed by atoms with Gasteiger partial charge in [0.1, 0.15) is 5.82 Å². The van der Waals surface area contributed by atoms with Gasteiger partial charge in [0.25, 0.3) is 0 Å². The molecular formula is C9H18N4.